The largest absolute Gasteiger partial charge is 0.494 e. The van der Waals surface area contributed by atoms with Gasteiger partial charge in [-0.05, 0) is 31.2 Å². The van der Waals surface area contributed by atoms with E-state index < -0.39 is 22.0 Å². The monoisotopic (exact) mass is 315 g/mol. The van der Waals surface area contributed by atoms with Gasteiger partial charge in [-0.2, -0.15) is 0 Å². The van der Waals surface area contributed by atoms with E-state index in [0.29, 0.717) is 19.0 Å². The van der Waals surface area contributed by atoms with Crippen molar-refractivity contribution in [2.24, 2.45) is 0 Å². The molecule has 0 unspecified atom stereocenters. The predicted octanol–water partition coefficient (Wildman–Crippen LogP) is 0.306. The maximum Gasteiger partial charge on any atom is 0.265 e. The summed E-state index contributed by atoms with van der Waals surface area (Å²) >= 11 is 0. The van der Waals surface area contributed by atoms with Crippen molar-refractivity contribution < 1.29 is 27.4 Å². The molecule has 0 aromatic heterocycles. The summed E-state index contributed by atoms with van der Waals surface area (Å²) in [5, 5.41) is 0. The van der Waals surface area contributed by atoms with Gasteiger partial charge in [0.05, 0.1) is 31.3 Å². The number of hydrogen-bond donors (Lipinski definition) is 1. The molecule has 1 atom stereocenters. The molecule has 0 aliphatic carbocycles. The molecule has 0 spiro atoms. The Labute approximate surface area is 123 Å². The number of hydrogen-bond acceptors (Lipinski definition) is 6. The normalized spacial score (nSPS) is 19.0. The molecule has 7 nitrogen and oxygen atoms in total. The van der Waals surface area contributed by atoms with Crippen molar-refractivity contribution in [3.05, 3.63) is 24.3 Å². The van der Waals surface area contributed by atoms with Crippen molar-refractivity contribution in [1.82, 2.24) is 4.72 Å². The van der Waals surface area contributed by atoms with E-state index in [4.69, 9.17) is 14.2 Å². The summed E-state index contributed by atoms with van der Waals surface area (Å²) in [7, 11) is -3.93. The Bertz CT molecular complexity index is 577. The SMILES string of the molecule is CCOc1ccc(S(=O)(=O)NC(=O)[C@@H]2COCCO2)cc1. The minimum Gasteiger partial charge on any atom is -0.494 e. The zero-order valence-electron chi connectivity index (χ0n) is 11.6. The molecule has 1 aromatic rings. The minimum absolute atomic E-state index is 0.0176. The van der Waals surface area contributed by atoms with E-state index >= 15 is 0 Å². The van der Waals surface area contributed by atoms with E-state index in [-0.39, 0.29) is 18.1 Å². The van der Waals surface area contributed by atoms with Gasteiger partial charge in [-0.25, -0.2) is 13.1 Å². The second-order valence-corrected chi connectivity index (χ2v) is 5.99. The molecular weight excluding hydrogens is 298 g/mol. The van der Waals surface area contributed by atoms with Gasteiger partial charge in [0, 0.05) is 0 Å². The number of rotatable bonds is 5. The zero-order valence-corrected chi connectivity index (χ0v) is 12.4. The molecule has 2 rings (SSSR count). The van der Waals surface area contributed by atoms with Gasteiger partial charge in [-0.3, -0.25) is 4.79 Å². The Hall–Kier alpha value is -1.64. The number of benzene rings is 1. The fourth-order valence-corrected chi connectivity index (χ4v) is 2.79. The van der Waals surface area contributed by atoms with E-state index in [1.165, 1.54) is 24.3 Å². The Morgan fingerprint density at radius 3 is 2.62 bits per heavy atom. The maximum atomic E-state index is 12.1. The van der Waals surface area contributed by atoms with E-state index in [2.05, 4.69) is 0 Å². The van der Waals surface area contributed by atoms with Crippen LogP contribution in [0.4, 0.5) is 0 Å². The highest BCUT2D eigenvalue weighted by atomic mass is 32.2. The van der Waals surface area contributed by atoms with Crippen LogP contribution in [-0.4, -0.2) is 46.9 Å². The summed E-state index contributed by atoms with van der Waals surface area (Å²) in [4.78, 5) is 11.8. The van der Waals surface area contributed by atoms with Crippen LogP contribution in [0.2, 0.25) is 0 Å². The lowest BCUT2D eigenvalue weighted by Crippen LogP contribution is -2.44. The fourth-order valence-electron chi connectivity index (χ4n) is 1.78. The molecule has 1 aromatic carbocycles. The molecule has 0 saturated carbocycles. The molecule has 116 valence electrons. The summed E-state index contributed by atoms with van der Waals surface area (Å²) in [5.41, 5.74) is 0. The number of ether oxygens (including phenoxy) is 3. The van der Waals surface area contributed by atoms with E-state index in [1.807, 2.05) is 11.6 Å². The molecule has 0 radical (unpaired) electrons. The number of carbonyl (C=O) groups is 1. The molecular formula is C13H17NO6S. The van der Waals surface area contributed by atoms with Crippen LogP contribution < -0.4 is 9.46 Å². The van der Waals surface area contributed by atoms with E-state index in [9.17, 15) is 13.2 Å². The zero-order chi connectivity index (χ0) is 15.3. The second kappa shape index (κ2) is 6.88. The standard InChI is InChI=1S/C13H17NO6S/c1-2-19-10-3-5-11(6-4-10)21(16,17)14-13(15)12-9-18-7-8-20-12/h3-6,12H,2,7-9H2,1H3,(H,14,15)/t12-/m0/s1. The van der Waals surface area contributed by atoms with Crippen LogP contribution in [0.5, 0.6) is 5.75 Å². The summed E-state index contributed by atoms with van der Waals surface area (Å²) in [6.07, 6.45) is -0.906. The third-order valence-corrected chi connectivity index (χ3v) is 4.15. The fraction of sp³-hybridized carbons (Fsp3) is 0.462. The molecule has 1 N–H and O–H groups in total. The van der Waals surface area contributed by atoms with Crippen LogP contribution in [0, 0.1) is 0 Å². The van der Waals surface area contributed by atoms with Crippen LogP contribution in [0.1, 0.15) is 6.92 Å². The highest BCUT2D eigenvalue weighted by molar-refractivity contribution is 7.90. The lowest BCUT2D eigenvalue weighted by molar-refractivity contribution is -0.145. The van der Waals surface area contributed by atoms with Gasteiger partial charge in [0.2, 0.25) is 0 Å². The first-order valence-corrected chi connectivity index (χ1v) is 8.00. The third-order valence-electron chi connectivity index (χ3n) is 2.79. The summed E-state index contributed by atoms with van der Waals surface area (Å²) < 4.78 is 41.6. The average molecular weight is 315 g/mol. The van der Waals surface area contributed by atoms with Crippen molar-refractivity contribution >= 4 is 15.9 Å². The summed E-state index contributed by atoms with van der Waals surface area (Å²) in [6.45, 7) is 3.03. The molecule has 1 aliphatic heterocycles. The minimum atomic E-state index is -3.93. The molecule has 1 amide bonds. The van der Waals surface area contributed by atoms with E-state index in [1.54, 1.807) is 0 Å². The molecule has 1 saturated heterocycles. The van der Waals surface area contributed by atoms with Crippen LogP contribution in [0.25, 0.3) is 0 Å². The van der Waals surface area contributed by atoms with Crippen molar-refractivity contribution in [2.45, 2.75) is 17.9 Å². The van der Waals surface area contributed by atoms with Gasteiger partial charge in [-0.1, -0.05) is 0 Å². The lowest BCUT2D eigenvalue weighted by Gasteiger charge is -2.21. The molecule has 21 heavy (non-hydrogen) atoms. The van der Waals surface area contributed by atoms with Gasteiger partial charge in [-0.15, -0.1) is 0 Å². The highest BCUT2D eigenvalue weighted by Crippen LogP contribution is 2.16. The lowest BCUT2D eigenvalue weighted by atomic mass is 10.3. The van der Waals surface area contributed by atoms with Crippen molar-refractivity contribution in [3.63, 3.8) is 0 Å². The van der Waals surface area contributed by atoms with Crippen LogP contribution in [0.3, 0.4) is 0 Å². The van der Waals surface area contributed by atoms with Crippen molar-refractivity contribution in [3.8, 4) is 5.75 Å². The van der Waals surface area contributed by atoms with Crippen LogP contribution in [-0.2, 0) is 24.3 Å². The van der Waals surface area contributed by atoms with Gasteiger partial charge in [0.25, 0.3) is 15.9 Å². The molecule has 1 fully saturated rings. The number of nitrogens with one attached hydrogen (secondary N) is 1. The molecule has 1 heterocycles. The number of carbonyl (C=O) groups excluding carboxylic acids is 1. The smallest absolute Gasteiger partial charge is 0.265 e. The summed E-state index contributed by atoms with van der Waals surface area (Å²) in [5.74, 6) is -0.171. The Morgan fingerprint density at radius 1 is 1.33 bits per heavy atom. The quantitative estimate of drug-likeness (QED) is 0.841. The topological polar surface area (TPSA) is 90.9 Å². The molecule has 1 aliphatic rings. The Kier molecular flexibility index (Phi) is 5.16. The van der Waals surface area contributed by atoms with Gasteiger partial charge in [0.1, 0.15) is 5.75 Å². The predicted molar refractivity (Wildman–Crippen MR) is 73.5 cm³/mol. The van der Waals surface area contributed by atoms with E-state index in [0.717, 1.165) is 0 Å². The maximum absolute atomic E-state index is 12.1. The average Bonchev–Trinajstić information content (AvgIpc) is 2.48. The number of amides is 1. The van der Waals surface area contributed by atoms with Crippen LogP contribution >= 0.6 is 0 Å². The number of sulfonamides is 1. The summed E-state index contributed by atoms with van der Waals surface area (Å²) in [6, 6.07) is 5.81. The third kappa shape index (κ3) is 4.16. The van der Waals surface area contributed by atoms with Gasteiger partial charge >= 0.3 is 0 Å². The molecule has 0 bridgehead atoms. The van der Waals surface area contributed by atoms with Gasteiger partial charge in [0.15, 0.2) is 6.10 Å². The van der Waals surface area contributed by atoms with Crippen molar-refractivity contribution in [1.29, 1.82) is 0 Å². The Balaban J connectivity index is 2.05. The van der Waals surface area contributed by atoms with Crippen LogP contribution in [0.15, 0.2) is 29.2 Å². The first-order valence-electron chi connectivity index (χ1n) is 6.52. The first-order chi connectivity index (χ1) is 10.0. The molecule has 8 heteroatoms. The first kappa shape index (κ1) is 15.7. The Morgan fingerprint density at radius 2 is 2.05 bits per heavy atom. The second-order valence-electron chi connectivity index (χ2n) is 4.31. The van der Waals surface area contributed by atoms with Crippen molar-refractivity contribution in [2.75, 3.05) is 26.4 Å². The highest BCUT2D eigenvalue weighted by Gasteiger charge is 2.27. The van der Waals surface area contributed by atoms with Gasteiger partial charge < -0.3 is 14.2 Å².